The van der Waals surface area contributed by atoms with Gasteiger partial charge in [-0.05, 0) is 19.4 Å². The lowest BCUT2D eigenvalue weighted by atomic mass is 10.1. The Labute approximate surface area is 76.4 Å². The molecule has 2 rings (SSSR count). The lowest BCUT2D eigenvalue weighted by Crippen LogP contribution is -1.84. The van der Waals surface area contributed by atoms with E-state index >= 15 is 0 Å². The van der Waals surface area contributed by atoms with Crippen LogP contribution in [0, 0.1) is 13.8 Å². The van der Waals surface area contributed by atoms with Crippen LogP contribution in [0.2, 0.25) is 0 Å². The van der Waals surface area contributed by atoms with Gasteiger partial charge in [-0.3, -0.25) is 0 Å². The summed E-state index contributed by atoms with van der Waals surface area (Å²) >= 11 is 0. The minimum atomic E-state index is 0.719. The summed E-state index contributed by atoms with van der Waals surface area (Å²) in [4.78, 5) is 0. The van der Waals surface area contributed by atoms with Gasteiger partial charge in [0.1, 0.15) is 5.69 Å². The van der Waals surface area contributed by atoms with Crippen LogP contribution >= 0.6 is 0 Å². The molecule has 0 spiro atoms. The second-order valence-corrected chi connectivity index (χ2v) is 2.83. The molecule has 1 heterocycles. The van der Waals surface area contributed by atoms with Gasteiger partial charge in [0.15, 0.2) is 5.76 Å². The Hall–Kier alpha value is -1.64. The highest BCUT2D eigenvalue weighted by Crippen LogP contribution is 2.23. The molecule has 0 amide bonds. The molecular weight excluding hydrogens is 164 g/mol. The van der Waals surface area contributed by atoms with E-state index in [0.717, 1.165) is 22.6 Å². The number of hydrogen-bond acceptors (Lipinski definition) is 3. The molecule has 0 aliphatic carbocycles. The molecule has 1 aromatic heterocycles. The van der Waals surface area contributed by atoms with Crippen molar-refractivity contribution >= 4 is 0 Å². The maximum Gasteiger partial charge on any atom is 0.162 e. The number of rotatable bonds is 1. The zero-order valence-electron chi connectivity index (χ0n) is 7.32. The third-order valence-corrected chi connectivity index (χ3v) is 1.92. The van der Waals surface area contributed by atoms with Crippen molar-refractivity contribution in [1.29, 1.82) is 0 Å². The standard InChI is InChI=1S/C10H9N2O/c1-7-5-3-4-6-9(7)10-8(2)13-12-11-10/h3-6H,1H2,2H3. The molecule has 1 radical (unpaired) electrons. The molecule has 0 N–H and O–H groups in total. The van der Waals surface area contributed by atoms with E-state index < -0.39 is 0 Å². The number of aryl methyl sites for hydroxylation is 1. The van der Waals surface area contributed by atoms with Crippen LogP contribution in [0.5, 0.6) is 0 Å². The Kier molecular flexibility index (Phi) is 1.85. The van der Waals surface area contributed by atoms with Crippen LogP contribution in [-0.2, 0) is 0 Å². The summed E-state index contributed by atoms with van der Waals surface area (Å²) in [6.07, 6.45) is 0. The van der Waals surface area contributed by atoms with Gasteiger partial charge in [-0.25, -0.2) is 0 Å². The molecule has 3 heteroatoms. The number of nitrogens with zero attached hydrogens (tertiary/aromatic N) is 2. The highest BCUT2D eigenvalue weighted by molar-refractivity contribution is 5.65. The van der Waals surface area contributed by atoms with Crippen LogP contribution in [0.15, 0.2) is 28.8 Å². The van der Waals surface area contributed by atoms with Crippen LogP contribution in [0.4, 0.5) is 0 Å². The number of benzene rings is 1. The summed E-state index contributed by atoms with van der Waals surface area (Å²) in [6, 6.07) is 7.77. The first-order valence-corrected chi connectivity index (χ1v) is 3.99. The van der Waals surface area contributed by atoms with E-state index in [-0.39, 0.29) is 0 Å². The molecule has 0 saturated heterocycles. The third kappa shape index (κ3) is 1.33. The van der Waals surface area contributed by atoms with Crippen molar-refractivity contribution < 1.29 is 4.52 Å². The fourth-order valence-electron chi connectivity index (χ4n) is 1.23. The maximum absolute atomic E-state index is 4.89. The van der Waals surface area contributed by atoms with E-state index in [9.17, 15) is 0 Å². The van der Waals surface area contributed by atoms with Gasteiger partial charge in [0.2, 0.25) is 0 Å². The van der Waals surface area contributed by atoms with Crippen molar-refractivity contribution in [2.24, 2.45) is 0 Å². The third-order valence-electron chi connectivity index (χ3n) is 1.92. The van der Waals surface area contributed by atoms with Crippen LogP contribution in [0.3, 0.4) is 0 Å². The summed E-state index contributed by atoms with van der Waals surface area (Å²) in [5, 5.41) is 7.38. The molecule has 2 aromatic rings. The van der Waals surface area contributed by atoms with E-state index in [1.807, 2.05) is 31.2 Å². The molecule has 0 saturated carbocycles. The normalized spacial score (nSPS) is 10.3. The van der Waals surface area contributed by atoms with E-state index in [0.29, 0.717) is 0 Å². The fourth-order valence-corrected chi connectivity index (χ4v) is 1.23. The molecule has 0 aliphatic rings. The lowest BCUT2D eigenvalue weighted by Gasteiger charge is -1.99. The van der Waals surface area contributed by atoms with Crippen molar-refractivity contribution in [3.8, 4) is 11.3 Å². The van der Waals surface area contributed by atoms with Crippen LogP contribution < -0.4 is 0 Å². The zero-order chi connectivity index (χ0) is 9.26. The van der Waals surface area contributed by atoms with Crippen LogP contribution in [-0.4, -0.2) is 10.4 Å². The Morgan fingerprint density at radius 1 is 1.31 bits per heavy atom. The molecule has 13 heavy (non-hydrogen) atoms. The quantitative estimate of drug-likeness (QED) is 0.663. The topological polar surface area (TPSA) is 38.9 Å². The molecular formula is C10H9N2O. The maximum atomic E-state index is 4.89. The average Bonchev–Trinajstić information content (AvgIpc) is 2.52. The van der Waals surface area contributed by atoms with Crippen molar-refractivity contribution in [3.63, 3.8) is 0 Å². The molecule has 0 fully saturated rings. The predicted molar refractivity (Wildman–Crippen MR) is 48.9 cm³/mol. The first-order valence-electron chi connectivity index (χ1n) is 3.99. The molecule has 1 aromatic carbocycles. The monoisotopic (exact) mass is 173 g/mol. The highest BCUT2D eigenvalue weighted by Gasteiger charge is 2.09. The summed E-state index contributed by atoms with van der Waals surface area (Å²) in [7, 11) is 0. The average molecular weight is 173 g/mol. The summed E-state index contributed by atoms with van der Waals surface area (Å²) in [5.41, 5.74) is 2.67. The molecule has 3 nitrogen and oxygen atoms in total. The predicted octanol–water partition coefficient (Wildman–Crippen LogP) is 2.23. The molecule has 65 valence electrons. The second kappa shape index (κ2) is 3.01. The van der Waals surface area contributed by atoms with Gasteiger partial charge < -0.3 is 4.52 Å². The van der Waals surface area contributed by atoms with E-state index in [1.54, 1.807) is 0 Å². The van der Waals surface area contributed by atoms with Crippen LogP contribution in [0.25, 0.3) is 11.3 Å². The van der Waals surface area contributed by atoms with Gasteiger partial charge in [-0.15, -0.1) is 5.10 Å². The summed E-state index contributed by atoms with van der Waals surface area (Å²) < 4.78 is 4.89. The van der Waals surface area contributed by atoms with Crippen molar-refractivity contribution in [2.75, 3.05) is 0 Å². The van der Waals surface area contributed by atoms with Gasteiger partial charge in [0, 0.05) is 10.8 Å². The second-order valence-electron chi connectivity index (χ2n) is 2.83. The first kappa shape index (κ1) is 7.98. The Morgan fingerprint density at radius 3 is 2.69 bits per heavy atom. The molecule has 0 aliphatic heterocycles. The molecule has 0 unspecified atom stereocenters. The van der Waals surface area contributed by atoms with Gasteiger partial charge in [-0.1, -0.05) is 24.3 Å². The first-order chi connectivity index (χ1) is 6.29. The molecule has 0 atom stereocenters. The van der Waals surface area contributed by atoms with E-state index in [4.69, 9.17) is 4.52 Å². The number of aromatic nitrogens is 2. The van der Waals surface area contributed by atoms with Crippen molar-refractivity contribution in [1.82, 2.24) is 10.4 Å². The largest absolute Gasteiger partial charge is 0.342 e. The fraction of sp³-hybridized carbons (Fsp3) is 0.100. The van der Waals surface area contributed by atoms with Gasteiger partial charge in [0.25, 0.3) is 0 Å². The van der Waals surface area contributed by atoms with Gasteiger partial charge in [-0.2, -0.15) is 0 Å². The Balaban J connectivity index is 2.59. The van der Waals surface area contributed by atoms with Crippen molar-refractivity contribution in [3.05, 3.63) is 42.5 Å². The smallest absolute Gasteiger partial charge is 0.162 e. The highest BCUT2D eigenvalue weighted by atomic mass is 16.5. The Morgan fingerprint density at radius 2 is 2.08 bits per heavy atom. The zero-order valence-corrected chi connectivity index (χ0v) is 7.32. The van der Waals surface area contributed by atoms with Crippen LogP contribution in [0.1, 0.15) is 11.3 Å². The minimum Gasteiger partial charge on any atom is -0.342 e. The van der Waals surface area contributed by atoms with Gasteiger partial charge >= 0.3 is 0 Å². The van der Waals surface area contributed by atoms with Crippen molar-refractivity contribution in [2.45, 2.75) is 6.92 Å². The summed E-state index contributed by atoms with van der Waals surface area (Å²) in [6.45, 7) is 5.74. The lowest BCUT2D eigenvalue weighted by molar-refractivity contribution is 0.374. The summed E-state index contributed by atoms with van der Waals surface area (Å²) in [5.74, 6) is 0.719. The number of hydrogen-bond donors (Lipinski definition) is 0. The Bertz CT molecular complexity index is 420. The minimum absolute atomic E-state index is 0.719. The van der Waals surface area contributed by atoms with E-state index in [2.05, 4.69) is 17.3 Å². The molecule has 0 bridgehead atoms. The van der Waals surface area contributed by atoms with E-state index in [1.165, 1.54) is 0 Å². The van der Waals surface area contributed by atoms with Gasteiger partial charge in [0.05, 0.1) is 0 Å². The SMILES string of the molecule is [CH2]c1ccccc1-c1nnoc1C.